The van der Waals surface area contributed by atoms with E-state index in [0.29, 0.717) is 12.4 Å². The summed E-state index contributed by atoms with van der Waals surface area (Å²) in [4.78, 5) is 15.7. The highest BCUT2D eigenvalue weighted by Crippen LogP contribution is 2.06. The molecule has 0 aliphatic rings. The molecular weight excluding hydrogens is 329 g/mol. The Morgan fingerprint density at radius 1 is 1.36 bits per heavy atom. The molecule has 2 heterocycles. The first-order valence-corrected chi connectivity index (χ1v) is 6.17. The lowest BCUT2D eigenvalue weighted by Crippen LogP contribution is -2.39. The zero-order valence-electron chi connectivity index (χ0n) is 12.0. The van der Waals surface area contributed by atoms with Crippen molar-refractivity contribution in [3.05, 3.63) is 42.4 Å². The van der Waals surface area contributed by atoms with Gasteiger partial charge in [0.1, 0.15) is 6.04 Å². The maximum Gasteiger partial charge on any atom is 0.244 e. The molecule has 7 nitrogen and oxygen atoms in total. The number of amides is 1. The number of anilines is 1. The molecule has 2 aromatic rings. The van der Waals surface area contributed by atoms with E-state index >= 15 is 0 Å². The average molecular weight is 348 g/mol. The summed E-state index contributed by atoms with van der Waals surface area (Å²) >= 11 is 0. The quantitative estimate of drug-likeness (QED) is 0.815. The number of methoxy groups -OCH3 is 1. The standard InChI is InChI=1S/C13H17N5O2.2ClH/c1-20-9-11(14)13(19)16-12-4-7-18(17-12)8-10-2-5-15-6-3-10;;/h2-7,11H,8-9,14H2,1H3,(H,16,17,19);2*1H. The predicted molar refractivity (Wildman–Crippen MR) is 88.5 cm³/mol. The number of nitrogens with one attached hydrogen (secondary N) is 1. The van der Waals surface area contributed by atoms with Crippen LogP contribution in [0.1, 0.15) is 5.56 Å². The molecular formula is C13H19Cl2N5O2. The van der Waals surface area contributed by atoms with Gasteiger partial charge >= 0.3 is 0 Å². The number of carbonyl (C=O) groups is 1. The molecule has 0 bridgehead atoms. The van der Waals surface area contributed by atoms with Gasteiger partial charge in [0.05, 0.1) is 13.2 Å². The number of rotatable bonds is 6. The molecule has 122 valence electrons. The first kappa shape index (κ1) is 20.3. The van der Waals surface area contributed by atoms with E-state index in [1.165, 1.54) is 7.11 Å². The van der Waals surface area contributed by atoms with E-state index in [4.69, 9.17) is 10.5 Å². The maximum atomic E-state index is 11.7. The Hall–Kier alpha value is -1.67. The Morgan fingerprint density at radius 2 is 2.05 bits per heavy atom. The molecule has 9 heteroatoms. The summed E-state index contributed by atoms with van der Waals surface area (Å²) in [5.74, 6) is 0.150. The van der Waals surface area contributed by atoms with Crippen LogP contribution in [0.2, 0.25) is 0 Å². The number of aromatic nitrogens is 3. The highest BCUT2D eigenvalue weighted by Gasteiger charge is 2.14. The Bertz CT molecular complexity index is 565. The largest absolute Gasteiger partial charge is 0.383 e. The summed E-state index contributed by atoms with van der Waals surface area (Å²) in [5.41, 5.74) is 6.71. The summed E-state index contributed by atoms with van der Waals surface area (Å²) in [6.07, 6.45) is 5.24. The smallest absolute Gasteiger partial charge is 0.244 e. The van der Waals surface area contributed by atoms with E-state index in [0.717, 1.165) is 5.56 Å². The van der Waals surface area contributed by atoms with Crippen molar-refractivity contribution in [2.75, 3.05) is 19.0 Å². The van der Waals surface area contributed by atoms with E-state index in [1.54, 1.807) is 29.3 Å². The fraction of sp³-hybridized carbons (Fsp3) is 0.308. The van der Waals surface area contributed by atoms with Gasteiger partial charge in [0.2, 0.25) is 5.91 Å². The fourth-order valence-corrected chi connectivity index (χ4v) is 1.67. The van der Waals surface area contributed by atoms with Crippen LogP contribution in [0.5, 0.6) is 0 Å². The van der Waals surface area contributed by atoms with Crippen LogP contribution in [0, 0.1) is 0 Å². The van der Waals surface area contributed by atoms with Crippen LogP contribution in [-0.2, 0) is 16.1 Å². The third kappa shape index (κ3) is 5.98. The SMILES string of the molecule is COCC(N)C(=O)Nc1ccn(Cc2ccncc2)n1.Cl.Cl. The van der Waals surface area contributed by atoms with Crippen LogP contribution >= 0.6 is 24.8 Å². The van der Waals surface area contributed by atoms with Crippen molar-refractivity contribution in [2.24, 2.45) is 5.73 Å². The zero-order valence-corrected chi connectivity index (χ0v) is 13.6. The Balaban J connectivity index is 0.00000220. The van der Waals surface area contributed by atoms with E-state index in [-0.39, 0.29) is 37.3 Å². The molecule has 0 aromatic carbocycles. The van der Waals surface area contributed by atoms with Crippen molar-refractivity contribution in [1.29, 1.82) is 0 Å². The number of nitrogens with zero attached hydrogens (tertiary/aromatic N) is 3. The van der Waals surface area contributed by atoms with E-state index < -0.39 is 6.04 Å². The van der Waals surface area contributed by atoms with Crippen molar-refractivity contribution in [1.82, 2.24) is 14.8 Å². The van der Waals surface area contributed by atoms with Gasteiger partial charge in [0.25, 0.3) is 0 Å². The summed E-state index contributed by atoms with van der Waals surface area (Å²) in [6, 6.07) is 4.84. The molecule has 1 atom stereocenters. The highest BCUT2D eigenvalue weighted by molar-refractivity contribution is 5.93. The Morgan fingerprint density at radius 3 is 2.68 bits per heavy atom. The summed E-state index contributed by atoms with van der Waals surface area (Å²) in [6.45, 7) is 0.784. The Kier molecular flexibility index (Phi) is 9.35. The highest BCUT2D eigenvalue weighted by atomic mass is 35.5. The van der Waals surface area contributed by atoms with Gasteiger partial charge in [-0.15, -0.1) is 24.8 Å². The van der Waals surface area contributed by atoms with Gasteiger partial charge in [-0.2, -0.15) is 5.10 Å². The number of pyridine rings is 1. The van der Waals surface area contributed by atoms with Crippen LogP contribution in [-0.4, -0.2) is 40.4 Å². The topological polar surface area (TPSA) is 95.1 Å². The van der Waals surface area contributed by atoms with Gasteiger partial charge in [-0.3, -0.25) is 14.5 Å². The lowest BCUT2D eigenvalue weighted by molar-refractivity contribution is -0.118. The van der Waals surface area contributed by atoms with Crippen molar-refractivity contribution >= 4 is 36.5 Å². The second kappa shape index (κ2) is 10.1. The number of carbonyl (C=O) groups excluding carboxylic acids is 1. The Labute approximate surface area is 141 Å². The first-order valence-electron chi connectivity index (χ1n) is 6.17. The van der Waals surface area contributed by atoms with Crippen molar-refractivity contribution < 1.29 is 9.53 Å². The molecule has 0 saturated heterocycles. The van der Waals surface area contributed by atoms with Gasteiger partial charge in [0, 0.05) is 31.8 Å². The first-order chi connectivity index (χ1) is 9.69. The molecule has 2 rings (SSSR count). The second-order valence-electron chi connectivity index (χ2n) is 4.31. The van der Waals surface area contributed by atoms with E-state index in [9.17, 15) is 4.79 Å². The minimum Gasteiger partial charge on any atom is -0.383 e. The summed E-state index contributed by atoms with van der Waals surface area (Å²) in [7, 11) is 1.50. The number of ether oxygens (including phenoxy) is 1. The molecule has 1 unspecified atom stereocenters. The molecule has 0 radical (unpaired) electrons. The normalized spacial score (nSPS) is 11.0. The average Bonchev–Trinajstić information content (AvgIpc) is 2.87. The molecule has 1 amide bonds. The fourth-order valence-electron chi connectivity index (χ4n) is 1.67. The molecule has 0 aliphatic carbocycles. The molecule has 0 saturated carbocycles. The number of hydrogen-bond donors (Lipinski definition) is 2. The van der Waals surface area contributed by atoms with Gasteiger partial charge in [0.15, 0.2) is 5.82 Å². The number of hydrogen-bond acceptors (Lipinski definition) is 5. The minimum absolute atomic E-state index is 0. The minimum atomic E-state index is -0.703. The van der Waals surface area contributed by atoms with Crippen LogP contribution in [0.15, 0.2) is 36.8 Å². The van der Waals surface area contributed by atoms with Gasteiger partial charge in [-0.1, -0.05) is 0 Å². The zero-order chi connectivity index (χ0) is 14.4. The van der Waals surface area contributed by atoms with Crippen molar-refractivity contribution in [2.45, 2.75) is 12.6 Å². The molecule has 0 aliphatic heterocycles. The van der Waals surface area contributed by atoms with Crippen molar-refractivity contribution in [3.63, 3.8) is 0 Å². The van der Waals surface area contributed by atoms with Crippen LogP contribution in [0.25, 0.3) is 0 Å². The number of nitrogens with two attached hydrogens (primary N) is 1. The predicted octanol–water partition coefficient (Wildman–Crippen LogP) is 1.08. The molecule has 2 aromatic heterocycles. The van der Waals surface area contributed by atoms with Crippen LogP contribution in [0.3, 0.4) is 0 Å². The maximum absolute atomic E-state index is 11.7. The van der Waals surface area contributed by atoms with Gasteiger partial charge in [-0.05, 0) is 17.7 Å². The van der Waals surface area contributed by atoms with E-state index in [1.807, 2.05) is 12.1 Å². The van der Waals surface area contributed by atoms with E-state index in [2.05, 4.69) is 15.4 Å². The molecule has 0 spiro atoms. The summed E-state index contributed by atoms with van der Waals surface area (Å²) in [5, 5.41) is 6.90. The van der Waals surface area contributed by atoms with Gasteiger partial charge in [-0.25, -0.2) is 0 Å². The lowest BCUT2D eigenvalue weighted by Gasteiger charge is -2.09. The number of halogens is 2. The lowest BCUT2D eigenvalue weighted by atomic mass is 10.3. The molecule has 22 heavy (non-hydrogen) atoms. The van der Waals surface area contributed by atoms with Crippen molar-refractivity contribution in [3.8, 4) is 0 Å². The van der Waals surface area contributed by atoms with Crippen LogP contribution in [0.4, 0.5) is 5.82 Å². The third-order valence-electron chi connectivity index (χ3n) is 2.67. The third-order valence-corrected chi connectivity index (χ3v) is 2.67. The monoisotopic (exact) mass is 347 g/mol. The molecule has 0 fully saturated rings. The molecule has 3 N–H and O–H groups in total. The second-order valence-corrected chi connectivity index (χ2v) is 4.31. The summed E-state index contributed by atoms with van der Waals surface area (Å²) < 4.78 is 6.56. The van der Waals surface area contributed by atoms with Gasteiger partial charge < -0.3 is 15.8 Å². The van der Waals surface area contributed by atoms with Crippen LogP contribution < -0.4 is 11.1 Å².